The van der Waals surface area contributed by atoms with Gasteiger partial charge in [0.2, 0.25) is 11.8 Å². The number of aromatic amines is 1. The fourth-order valence-corrected chi connectivity index (χ4v) is 5.31. The van der Waals surface area contributed by atoms with Crippen LogP contribution in [0, 0.1) is 17.2 Å². The number of anilines is 1. The van der Waals surface area contributed by atoms with Crippen LogP contribution in [0.15, 0.2) is 54.6 Å². The number of hydrogen-bond donors (Lipinski definition) is 3. The summed E-state index contributed by atoms with van der Waals surface area (Å²) in [4.78, 5) is 44.5. The molecule has 178 valence electrons. The maximum Gasteiger partial charge on any atom is 0.268 e. The number of nitrogens with zero attached hydrogens (tertiary/aromatic N) is 2. The number of aromatic nitrogens is 1. The average Bonchev–Trinajstić information content (AvgIpc) is 3.52. The summed E-state index contributed by atoms with van der Waals surface area (Å²) in [5.41, 5.74) is 1.77. The van der Waals surface area contributed by atoms with E-state index in [0.29, 0.717) is 17.8 Å². The predicted molar refractivity (Wildman–Crippen MR) is 131 cm³/mol. The van der Waals surface area contributed by atoms with Gasteiger partial charge < -0.3 is 20.5 Å². The topological polar surface area (TPSA) is 118 Å². The van der Waals surface area contributed by atoms with Gasteiger partial charge in [-0.15, -0.1) is 0 Å². The van der Waals surface area contributed by atoms with Crippen molar-refractivity contribution in [3.8, 4) is 6.07 Å². The third-order valence-electron chi connectivity index (χ3n) is 7.00. The fraction of sp³-hybridized carbons (Fsp3) is 0.333. The highest BCUT2D eigenvalue weighted by atomic mass is 16.2. The van der Waals surface area contributed by atoms with Gasteiger partial charge in [-0.25, -0.2) is 0 Å². The number of nitriles is 1. The molecule has 8 heteroatoms. The second-order valence-corrected chi connectivity index (χ2v) is 9.82. The van der Waals surface area contributed by atoms with E-state index in [-0.39, 0.29) is 36.6 Å². The van der Waals surface area contributed by atoms with Crippen LogP contribution in [-0.4, -0.2) is 46.2 Å². The summed E-state index contributed by atoms with van der Waals surface area (Å²) in [5.74, 6) is -0.799. The van der Waals surface area contributed by atoms with Crippen molar-refractivity contribution in [3.05, 3.63) is 65.9 Å². The fourth-order valence-electron chi connectivity index (χ4n) is 5.31. The zero-order chi connectivity index (χ0) is 24.7. The molecule has 3 aromatic rings. The molecule has 3 heterocycles. The van der Waals surface area contributed by atoms with Gasteiger partial charge in [-0.2, -0.15) is 5.26 Å². The van der Waals surface area contributed by atoms with Crippen molar-refractivity contribution in [2.24, 2.45) is 5.92 Å². The molecule has 35 heavy (non-hydrogen) atoms. The number of H-pyrrole nitrogens is 1. The molecule has 3 amide bonds. The summed E-state index contributed by atoms with van der Waals surface area (Å²) in [7, 11) is 0. The van der Waals surface area contributed by atoms with E-state index in [9.17, 15) is 19.6 Å². The number of rotatable bonds is 5. The Morgan fingerprint density at radius 2 is 1.94 bits per heavy atom. The van der Waals surface area contributed by atoms with Crippen LogP contribution < -0.4 is 10.6 Å². The molecule has 5 rings (SSSR count). The molecule has 8 nitrogen and oxygen atoms in total. The Balaban J connectivity index is 1.42. The van der Waals surface area contributed by atoms with Gasteiger partial charge in [0, 0.05) is 29.6 Å². The lowest BCUT2D eigenvalue weighted by Gasteiger charge is -2.28. The molecule has 2 aromatic carbocycles. The van der Waals surface area contributed by atoms with E-state index in [4.69, 9.17) is 0 Å². The minimum Gasteiger partial charge on any atom is -0.351 e. The predicted octanol–water partition coefficient (Wildman–Crippen LogP) is 3.33. The van der Waals surface area contributed by atoms with Crippen LogP contribution >= 0.6 is 0 Å². The molecular formula is C27H27N5O3. The maximum atomic E-state index is 13.8. The third kappa shape index (κ3) is 3.83. The van der Waals surface area contributed by atoms with E-state index in [1.165, 1.54) is 4.90 Å². The maximum absolute atomic E-state index is 13.8. The Kier molecular flexibility index (Phi) is 5.56. The molecule has 1 aromatic heterocycles. The number of para-hydroxylation sites is 2. The van der Waals surface area contributed by atoms with Crippen LogP contribution in [0.1, 0.15) is 42.7 Å². The first-order chi connectivity index (χ1) is 16.8. The monoisotopic (exact) mass is 469 g/mol. The molecule has 2 aliphatic rings. The SMILES string of the molecule is CC(C)C[C@H](NC(=O)c1cc2ccccc2[nH]1)C(=O)N1C[C@@]2(C[C@@H]1C#N)C(=O)Nc1ccccc12. The Morgan fingerprint density at radius 3 is 2.69 bits per heavy atom. The van der Waals surface area contributed by atoms with Crippen LogP contribution in [0.25, 0.3) is 10.9 Å². The Hall–Kier alpha value is -4.12. The molecule has 1 fully saturated rings. The van der Waals surface area contributed by atoms with E-state index >= 15 is 0 Å². The number of amides is 3. The van der Waals surface area contributed by atoms with Crippen molar-refractivity contribution >= 4 is 34.3 Å². The summed E-state index contributed by atoms with van der Waals surface area (Å²) in [6.45, 7) is 4.05. The molecule has 2 aliphatic heterocycles. The average molecular weight is 470 g/mol. The molecule has 1 spiro atoms. The highest BCUT2D eigenvalue weighted by molar-refractivity contribution is 6.07. The van der Waals surface area contributed by atoms with E-state index in [1.54, 1.807) is 6.07 Å². The van der Waals surface area contributed by atoms with E-state index in [0.717, 1.165) is 16.5 Å². The normalized spacial score (nSPS) is 21.7. The number of carbonyl (C=O) groups excluding carboxylic acids is 3. The molecule has 3 N–H and O–H groups in total. The molecule has 0 aliphatic carbocycles. The summed E-state index contributed by atoms with van der Waals surface area (Å²) in [6.07, 6.45) is 0.637. The highest BCUT2D eigenvalue weighted by Crippen LogP contribution is 2.46. The Morgan fingerprint density at radius 1 is 1.20 bits per heavy atom. The molecule has 0 bridgehead atoms. The number of benzene rings is 2. The number of nitrogens with one attached hydrogen (secondary N) is 3. The van der Waals surface area contributed by atoms with Crippen molar-refractivity contribution in [1.82, 2.24) is 15.2 Å². The van der Waals surface area contributed by atoms with Crippen molar-refractivity contribution in [2.45, 2.75) is 44.2 Å². The molecular weight excluding hydrogens is 442 g/mol. The molecule has 0 saturated carbocycles. The van der Waals surface area contributed by atoms with Crippen LogP contribution in [-0.2, 0) is 15.0 Å². The smallest absolute Gasteiger partial charge is 0.268 e. The lowest BCUT2D eigenvalue weighted by molar-refractivity contribution is -0.134. The first-order valence-electron chi connectivity index (χ1n) is 11.8. The Bertz CT molecular complexity index is 1340. The van der Waals surface area contributed by atoms with E-state index in [1.807, 2.05) is 62.4 Å². The highest BCUT2D eigenvalue weighted by Gasteiger charge is 2.56. The first kappa shape index (κ1) is 22.7. The standard InChI is InChI=1S/C27H27N5O3/c1-16(2)11-23(30-24(33)22-12-17-7-3-5-9-20(17)29-22)25(34)32-15-27(13-18(32)14-28)19-8-4-6-10-21(19)31-26(27)35/h3-10,12,16,18,23,29H,11,13,15H2,1-2H3,(H,30,33)(H,31,35)/t18-,23+,27-/m1/s1. The molecule has 0 radical (unpaired) electrons. The number of likely N-dealkylation sites (tertiary alicyclic amines) is 1. The summed E-state index contributed by atoms with van der Waals surface area (Å²) < 4.78 is 0. The van der Waals surface area contributed by atoms with Gasteiger partial charge in [0.05, 0.1) is 11.5 Å². The number of carbonyl (C=O) groups is 3. The van der Waals surface area contributed by atoms with Gasteiger partial charge in [-0.3, -0.25) is 14.4 Å². The van der Waals surface area contributed by atoms with Crippen LogP contribution in [0.5, 0.6) is 0 Å². The second kappa shape index (κ2) is 8.58. The second-order valence-electron chi connectivity index (χ2n) is 9.82. The number of hydrogen-bond acceptors (Lipinski definition) is 4. The molecule has 0 unspecified atom stereocenters. The van der Waals surface area contributed by atoms with Gasteiger partial charge in [0.25, 0.3) is 5.91 Å². The van der Waals surface area contributed by atoms with Gasteiger partial charge >= 0.3 is 0 Å². The first-order valence-corrected chi connectivity index (χ1v) is 11.8. The van der Waals surface area contributed by atoms with Crippen LogP contribution in [0.4, 0.5) is 5.69 Å². The van der Waals surface area contributed by atoms with Crippen molar-refractivity contribution in [1.29, 1.82) is 5.26 Å². The minimum absolute atomic E-state index is 0.101. The van der Waals surface area contributed by atoms with Crippen LogP contribution in [0.3, 0.4) is 0 Å². The molecule has 3 atom stereocenters. The zero-order valence-corrected chi connectivity index (χ0v) is 19.7. The van der Waals surface area contributed by atoms with Gasteiger partial charge in [-0.1, -0.05) is 50.2 Å². The quantitative estimate of drug-likeness (QED) is 0.531. The molecule has 1 saturated heterocycles. The van der Waals surface area contributed by atoms with Crippen molar-refractivity contribution in [3.63, 3.8) is 0 Å². The third-order valence-corrected chi connectivity index (χ3v) is 7.00. The van der Waals surface area contributed by atoms with Crippen LogP contribution in [0.2, 0.25) is 0 Å². The van der Waals surface area contributed by atoms with E-state index in [2.05, 4.69) is 21.7 Å². The van der Waals surface area contributed by atoms with E-state index < -0.39 is 17.5 Å². The van der Waals surface area contributed by atoms with Gasteiger partial charge in [-0.05, 0) is 36.1 Å². The summed E-state index contributed by atoms with van der Waals surface area (Å²) >= 11 is 0. The van der Waals surface area contributed by atoms with Crippen molar-refractivity contribution in [2.75, 3.05) is 11.9 Å². The summed E-state index contributed by atoms with van der Waals surface area (Å²) in [6, 6.07) is 17.4. The lowest BCUT2D eigenvalue weighted by Crippen LogP contribution is -2.51. The summed E-state index contributed by atoms with van der Waals surface area (Å²) in [5, 5.41) is 16.6. The lowest BCUT2D eigenvalue weighted by atomic mass is 9.80. The van der Waals surface area contributed by atoms with Gasteiger partial charge in [0.1, 0.15) is 17.8 Å². The number of fused-ring (bicyclic) bond motifs is 3. The Labute approximate surface area is 203 Å². The zero-order valence-electron chi connectivity index (χ0n) is 19.7. The largest absolute Gasteiger partial charge is 0.351 e. The van der Waals surface area contributed by atoms with Crippen molar-refractivity contribution < 1.29 is 14.4 Å². The van der Waals surface area contributed by atoms with Gasteiger partial charge in [0.15, 0.2) is 0 Å². The minimum atomic E-state index is -0.962.